The molecule has 2 nitrogen and oxygen atoms in total. The summed E-state index contributed by atoms with van der Waals surface area (Å²) in [7, 11) is 0. The fourth-order valence-corrected chi connectivity index (χ4v) is 1.99. The molecular weight excluding hydrogens is 206 g/mol. The fraction of sp³-hybridized carbons (Fsp3) is 0.0833. The van der Waals surface area contributed by atoms with Crippen molar-refractivity contribution in [2.45, 2.75) is 5.75 Å². The van der Waals surface area contributed by atoms with Gasteiger partial charge in [0.1, 0.15) is 6.26 Å². The lowest BCUT2D eigenvalue weighted by atomic mass is 10.2. The largest absolute Gasteiger partial charge is 0.472 e. The molecule has 2 aromatic rings. The Hall–Kier alpha value is -1.48. The molecule has 1 aromatic carbocycles. The van der Waals surface area contributed by atoms with Crippen LogP contribution >= 0.6 is 11.8 Å². The quantitative estimate of drug-likeness (QED) is 0.630. The second-order valence-corrected chi connectivity index (χ2v) is 4.10. The zero-order chi connectivity index (χ0) is 10.5. The number of benzene rings is 1. The molecule has 0 aliphatic heterocycles. The van der Waals surface area contributed by atoms with Gasteiger partial charge in [-0.1, -0.05) is 30.3 Å². The van der Waals surface area contributed by atoms with Crippen LogP contribution in [0.2, 0.25) is 0 Å². The lowest BCUT2D eigenvalue weighted by molar-refractivity contribution is 0.567. The van der Waals surface area contributed by atoms with Crippen LogP contribution in [0, 0.1) is 5.41 Å². The first-order valence-electron chi connectivity index (χ1n) is 4.64. The smallest absolute Gasteiger partial charge is 0.100 e. The Morgan fingerprint density at radius 1 is 1.20 bits per heavy atom. The summed E-state index contributed by atoms with van der Waals surface area (Å²) in [6.45, 7) is 0. The molecule has 0 spiro atoms. The Bertz CT molecular complexity index is 422. The maximum Gasteiger partial charge on any atom is 0.100 e. The topological polar surface area (TPSA) is 37.0 Å². The fourth-order valence-electron chi connectivity index (χ4n) is 1.21. The third-order valence-corrected chi connectivity index (χ3v) is 3.01. The molecule has 0 radical (unpaired) electrons. The second-order valence-electron chi connectivity index (χ2n) is 3.12. The van der Waals surface area contributed by atoms with E-state index in [1.807, 2.05) is 18.2 Å². The summed E-state index contributed by atoms with van der Waals surface area (Å²) in [4.78, 5) is 0. The molecule has 2 rings (SSSR count). The van der Waals surface area contributed by atoms with Crippen LogP contribution in [0.5, 0.6) is 0 Å². The van der Waals surface area contributed by atoms with Crippen molar-refractivity contribution in [2.24, 2.45) is 0 Å². The lowest BCUT2D eigenvalue weighted by Gasteiger charge is -2.00. The van der Waals surface area contributed by atoms with E-state index in [9.17, 15) is 0 Å². The highest BCUT2D eigenvalue weighted by molar-refractivity contribution is 8.13. The summed E-state index contributed by atoms with van der Waals surface area (Å²) in [6, 6.07) is 12.0. The molecule has 0 aliphatic carbocycles. The maximum absolute atomic E-state index is 7.80. The predicted octanol–water partition coefficient (Wildman–Crippen LogP) is 3.54. The first-order chi connectivity index (χ1) is 7.36. The molecule has 0 atom stereocenters. The normalized spacial score (nSPS) is 10.1. The van der Waals surface area contributed by atoms with E-state index in [1.165, 1.54) is 17.3 Å². The monoisotopic (exact) mass is 217 g/mol. The van der Waals surface area contributed by atoms with Crippen LogP contribution in [0.4, 0.5) is 0 Å². The highest BCUT2D eigenvalue weighted by atomic mass is 32.2. The summed E-state index contributed by atoms with van der Waals surface area (Å²) in [6.07, 6.45) is 3.19. The van der Waals surface area contributed by atoms with Crippen LogP contribution in [-0.4, -0.2) is 5.04 Å². The van der Waals surface area contributed by atoms with E-state index >= 15 is 0 Å². The zero-order valence-electron chi connectivity index (χ0n) is 8.14. The molecule has 0 fully saturated rings. The summed E-state index contributed by atoms with van der Waals surface area (Å²) >= 11 is 1.51. The van der Waals surface area contributed by atoms with Gasteiger partial charge in [-0.3, -0.25) is 5.41 Å². The highest BCUT2D eigenvalue weighted by Crippen LogP contribution is 2.17. The molecule has 0 saturated carbocycles. The molecule has 3 heteroatoms. The van der Waals surface area contributed by atoms with Crippen molar-refractivity contribution in [1.29, 1.82) is 5.41 Å². The number of thioether (sulfide) groups is 1. The van der Waals surface area contributed by atoms with Gasteiger partial charge in [-0.2, -0.15) is 0 Å². The highest BCUT2D eigenvalue weighted by Gasteiger charge is 2.03. The first kappa shape index (κ1) is 10.1. The molecule has 15 heavy (non-hydrogen) atoms. The van der Waals surface area contributed by atoms with E-state index in [4.69, 9.17) is 9.83 Å². The van der Waals surface area contributed by atoms with Crippen LogP contribution in [0.25, 0.3) is 0 Å². The van der Waals surface area contributed by atoms with E-state index < -0.39 is 0 Å². The minimum Gasteiger partial charge on any atom is -0.472 e. The van der Waals surface area contributed by atoms with Gasteiger partial charge < -0.3 is 4.42 Å². The summed E-state index contributed by atoms with van der Waals surface area (Å²) in [5.74, 6) is 0.824. The van der Waals surface area contributed by atoms with E-state index in [2.05, 4.69) is 12.1 Å². The molecular formula is C12H11NOS. The molecule has 1 heterocycles. The number of rotatable bonds is 3. The van der Waals surface area contributed by atoms with E-state index in [-0.39, 0.29) is 0 Å². The predicted molar refractivity (Wildman–Crippen MR) is 63.3 cm³/mol. The molecule has 0 amide bonds. The van der Waals surface area contributed by atoms with Gasteiger partial charge in [0, 0.05) is 11.3 Å². The SMILES string of the molecule is N=C(SCc1ccccc1)c1ccoc1. The Kier molecular flexibility index (Phi) is 3.25. The average Bonchev–Trinajstić information content (AvgIpc) is 2.81. The zero-order valence-corrected chi connectivity index (χ0v) is 8.96. The standard InChI is InChI=1S/C12H11NOS/c13-12(11-6-7-14-8-11)15-9-10-4-2-1-3-5-10/h1-8,13H,9H2. The molecule has 0 aliphatic rings. The van der Waals surface area contributed by atoms with Gasteiger partial charge in [-0.15, -0.1) is 11.8 Å². The third-order valence-electron chi connectivity index (χ3n) is 2.01. The van der Waals surface area contributed by atoms with E-state index in [0.29, 0.717) is 5.04 Å². The second kappa shape index (κ2) is 4.84. The van der Waals surface area contributed by atoms with Crippen molar-refractivity contribution in [2.75, 3.05) is 0 Å². The average molecular weight is 217 g/mol. The first-order valence-corrected chi connectivity index (χ1v) is 5.62. The maximum atomic E-state index is 7.80. The van der Waals surface area contributed by atoms with E-state index in [1.54, 1.807) is 18.6 Å². The number of nitrogens with one attached hydrogen (secondary N) is 1. The molecule has 76 valence electrons. The minimum atomic E-state index is 0.549. The molecule has 0 saturated heterocycles. The van der Waals surface area contributed by atoms with Gasteiger partial charge in [-0.25, -0.2) is 0 Å². The van der Waals surface area contributed by atoms with Crippen molar-refractivity contribution >= 4 is 16.8 Å². The number of hydrogen-bond acceptors (Lipinski definition) is 3. The van der Waals surface area contributed by atoms with Crippen LogP contribution in [0.1, 0.15) is 11.1 Å². The van der Waals surface area contributed by atoms with Gasteiger partial charge >= 0.3 is 0 Å². The summed E-state index contributed by atoms with van der Waals surface area (Å²) < 4.78 is 4.93. The third kappa shape index (κ3) is 2.73. The van der Waals surface area contributed by atoms with Crippen LogP contribution < -0.4 is 0 Å². The Morgan fingerprint density at radius 3 is 2.67 bits per heavy atom. The summed E-state index contributed by atoms with van der Waals surface area (Å²) in [5.41, 5.74) is 2.08. The van der Waals surface area contributed by atoms with Gasteiger partial charge in [0.05, 0.1) is 11.3 Å². The van der Waals surface area contributed by atoms with Crippen molar-refractivity contribution in [3.8, 4) is 0 Å². The molecule has 0 unspecified atom stereocenters. The van der Waals surface area contributed by atoms with Crippen molar-refractivity contribution in [1.82, 2.24) is 0 Å². The van der Waals surface area contributed by atoms with E-state index in [0.717, 1.165) is 11.3 Å². The molecule has 1 aromatic heterocycles. The Labute approximate surface area is 92.8 Å². The number of furan rings is 1. The van der Waals surface area contributed by atoms with Crippen molar-refractivity contribution < 1.29 is 4.42 Å². The van der Waals surface area contributed by atoms with Gasteiger partial charge in [0.25, 0.3) is 0 Å². The van der Waals surface area contributed by atoms with Crippen LogP contribution in [0.3, 0.4) is 0 Å². The lowest BCUT2D eigenvalue weighted by Crippen LogP contribution is -1.91. The van der Waals surface area contributed by atoms with Crippen LogP contribution in [-0.2, 0) is 5.75 Å². The Balaban J connectivity index is 1.92. The molecule has 1 N–H and O–H groups in total. The molecule has 0 bridgehead atoms. The van der Waals surface area contributed by atoms with Crippen molar-refractivity contribution in [3.63, 3.8) is 0 Å². The Morgan fingerprint density at radius 2 is 2.00 bits per heavy atom. The number of hydrogen-bond donors (Lipinski definition) is 1. The van der Waals surface area contributed by atoms with Gasteiger partial charge in [0.2, 0.25) is 0 Å². The minimum absolute atomic E-state index is 0.549. The summed E-state index contributed by atoms with van der Waals surface area (Å²) in [5, 5.41) is 8.35. The van der Waals surface area contributed by atoms with Gasteiger partial charge in [0.15, 0.2) is 0 Å². The van der Waals surface area contributed by atoms with Gasteiger partial charge in [-0.05, 0) is 11.6 Å². The van der Waals surface area contributed by atoms with Crippen molar-refractivity contribution in [3.05, 3.63) is 60.1 Å². The van der Waals surface area contributed by atoms with Crippen LogP contribution in [0.15, 0.2) is 53.3 Å².